The molecule has 0 bridgehead atoms. The highest BCUT2D eigenvalue weighted by molar-refractivity contribution is 14.0. The number of aliphatic imine (C=N–C) groups is 1. The second-order valence-electron chi connectivity index (χ2n) is 6.27. The zero-order chi connectivity index (χ0) is 16.8. The third kappa shape index (κ3) is 10.7. The minimum Gasteiger partial charge on any atom is -0.381 e. The molecule has 1 fully saturated rings. The molecule has 1 atom stereocenters. The number of rotatable bonds is 12. The van der Waals surface area contributed by atoms with E-state index in [1.807, 2.05) is 0 Å². The minimum absolute atomic E-state index is 0. The standard InChI is InChI=1S/C18H38N4O.HI/c1-4-7-14-23-15-10-11-20-18(19-6-3)21-16-17(5-2)22-12-8-9-13-22;/h17H,4-16H2,1-3H3,(H2,19,20,21);1H. The van der Waals surface area contributed by atoms with Crippen molar-refractivity contribution >= 4 is 29.9 Å². The van der Waals surface area contributed by atoms with E-state index in [4.69, 9.17) is 9.73 Å². The lowest BCUT2D eigenvalue weighted by atomic mass is 10.2. The van der Waals surface area contributed by atoms with E-state index >= 15 is 0 Å². The number of ether oxygens (including phenoxy) is 1. The Morgan fingerprint density at radius 1 is 1.08 bits per heavy atom. The molecule has 0 amide bonds. The van der Waals surface area contributed by atoms with Crippen LogP contribution < -0.4 is 10.6 Å². The first-order valence-electron chi connectivity index (χ1n) is 9.65. The van der Waals surface area contributed by atoms with E-state index in [1.165, 1.54) is 38.8 Å². The van der Waals surface area contributed by atoms with Crippen LogP contribution in [-0.4, -0.2) is 62.8 Å². The summed E-state index contributed by atoms with van der Waals surface area (Å²) >= 11 is 0. The zero-order valence-electron chi connectivity index (χ0n) is 16.0. The van der Waals surface area contributed by atoms with Gasteiger partial charge in [-0.05, 0) is 52.1 Å². The average molecular weight is 454 g/mol. The lowest BCUT2D eigenvalue weighted by Crippen LogP contribution is -2.40. The molecular formula is C18H39IN4O. The van der Waals surface area contributed by atoms with Crippen LogP contribution in [0, 0.1) is 0 Å². The normalized spacial score (nSPS) is 16.7. The Kier molecular flexibility index (Phi) is 16.3. The summed E-state index contributed by atoms with van der Waals surface area (Å²) in [6.45, 7) is 13.5. The summed E-state index contributed by atoms with van der Waals surface area (Å²) in [4.78, 5) is 7.38. The summed E-state index contributed by atoms with van der Waals surface area (Å²) in [6, 6.07) is 0.588. The number of halogens is 1. The lowest BCUT2D eigenvalue weighted by Gasteiger charge is -2.25. The molecule has 2 N–H and O–H groups in total. The van der Waals surface area contributed by atoms with Gasteiger partial charge in [-0.15, -0.1) is 24.0 Å². The molecule has 6 heteroatoms. The molecule has 1 saturated heterocycles. The quantitative estimate of drug-likeness (QED) is 0.206. The van der Waals surface area contributed by atoms with Crippen molar-refractivity contribution in [2.45, 2.75) is 65.3 Å². The van der Waals surface area contributed by atoms with Crippen LogP contribution in [0.4, 0.5) is 0 Å². The molecule has 0 saturated carbocycles. The number of hydrogen-bond donors (Lipinski definition) is 2. The maximum Gasteiger partial charge on any atom is 0.191 e. The van der Waals surface area contributed by atoms with Gasteiger partial charge in [-0.25, -0.2) is 0 Å². The third-order valence-electron chi connectivity index (χ3n) is 4.33. The number of likely N-dealkylation sites (tertiary alicyclic amines) is 1. The van der Waals surface area contributed by atoms with Crippen LogP contribution in [0.2, 0.25) is 0 Å². The van der Waals surface area contributed by atoms with Gasteiger partial charge in [0.1, 0.15) is 0 Å². The highest BCUT2D eigenvalue weighted by atomic mass is 127. The Morgan fingerprint density at radius 3 is 2.42 bits per heavy atom. The van der Waals surface area contributed by atoms with Gasteiger partial charge in [0.25, 0.3) is 0 Å². The van der Waals surface area contributed by atoms with Crippen molar-refractivity contribution in [2.24, 2.45) is 4.99 Å². The van der Waals surface area contributed by atoms with Gasteiger partial charge >= 0.3 is 0 Å². The van der Waals surface area contributed by atoms with Gasteiger partial charge in [0.2, 0.25) is 0 Å². The van der Waals surface area contributed by atoms with E-state index in [2.05, 4.69) is 36.3 Å². The van der Waals surface area contributed by atoms with Gasteiger partial charge in [-0.3, -0.25) is 9.89 Å². The van der Waals surface area contributed by atoms with Crippen molar-refractivity contribution < 1.29 is 4.74 Å². The number of hydrogen-bond acceptors (Lipinski definition) is 3. The topological polar surface area (TPSA) is 48.9 Å². The number of guanidine groups is 1. The molecule has 24 heavy (non-hydrogen) atoms. The smallest absolute Gasteiger partial charge is 0.191 e. The Morgan fingerprint density at radius 2 is 1.79 bits per heavy atom. The summed E-state index contributed by atoms with van der Waals surface area (Å²) in [5.74, 6) is 0.943. The fourth-order valence-corrected chi connectivity index (χ4v) is 2.88. The largest absolute Gasteiger partial charge is 0.381 e. The van der Waals surface area contributed by atoms with Gasteiger partial charge in [0.05, 0.1) is 6.54 Å². The molecule has 0 aliphatic carbocycles. The van der Waals surface area contributed by atoms with Crippen molar-refractivity contribution in [3.63, 3.8) is 0 Å². The summed E-state index contributed by atoms with van der Waals surface area (Å²) in [5, 5.41) is 6.77. The maximum atomic E-state index is 5.59. The average Bonchev–Trinajstić information content (AvgIpc) is 3.09. The van der Waals surface area contributed by atoms with Gasteiger partial charge in [0.15, 0.2) is 5.96 Å². The summed E-state index contributed by atoms with van der Waals surface area (Å²) < 4.78 is 5.59. The molecule has 0 radical (unpaired) electrons. The molecular weight excluding hydrogens is 415 g/mol. The summed E-state index contributed by atoms with van der Waals surface area (Å²) in [5.41, 5.74) is 0. The van der Waals surface area contributed by atoms with Gasteiger partial charge < -0.3 is 15.4 Å². The van der Waals surface area contributed by atoms with Crippen molar-refractivity contribution in [3.8, 4) is 0 Å². The fourth-order valence-electron chi connectivity index (χ4n) is 2.88. The molecule has 0 aromatic carbocycles. The van der Waals surface area contributed by atoms with E-state index in [1.54, 1.807) is 0 Å². The first-order valence-corrected chi connectivity index (χ1v) is 9.65. The predicted octanol–water partition coefficient (Wildman–Crippen LogP) is 3.24. The Labute approximate surface area is 166 Å². The monoisotopic (exact) mass is 454 g/mol. The molecule has 1 rings (SSSR count). The molecule has 1 aliphatic heterocycles. The molecule has 5 nitrogen and oxygen atoms in total. The summed E-state index contributed by atoms with van der Waals surface area (Å²) in [6.07, 6.45) is 7.25. The Bertz CT molecular complexity index is 309. The van der Waals surface area contributed by atoms with Crippen LogP contribution in [0.5, 0.6) is 0 Å². The lowest BCUT2D eigenvalue weighted by molar-refractivity contribution is 0.129. The summed E-state index contributed by atoms with van der Waals surface area (Å²) in [7, 11) is 0. The third-order valence-corrected chi connectivity index (χ3v) is 4.33. The zero-order valence-corrected chi connectivity index (χ0v) is 18.3. The van der Waals surface area contributed by atoms with E-state index in [0.717, 1.165) is 51.6 Å². The predicted molar refractivity (Wildman–Crippen MR) is 115 cm³/mol. The SMILES string of the molecule is CCCCOCCCNC(=NCC(CC)N1CCCC1)NCC.I. The number of nitrogens with one attached hydrogen (secondary N) is 2. The van der Waals surface area contributed by atoms with Crippen LogP contribution in [0.15, 0.2) is 4.99 Å². The first kappa shape index (κ1) is 23.9. The second kappa shape index (κ2) is 16.4. The van der Waals surface area contributed by atoms with E-state index in [9.17, 15) is 0 Å². The van der Waals surface area contributed by atoms with Crippen LogP contribution in [0.25, 0.3) is 0 Å². The minimum atomic E-state index is 0. The van der Waals surface area contributed by atoms with Crippen LogP contribution >= 0.6 is 24.0 Å². The van der Waals surface area contributed by atoms with E-state index in [0.29, 0.717) is 6.04 Å². The van der Waals surface area contributed by atoms with Crippen molar-refractivity contribution in [2.75, 3.05) is 45.9 Å². The van der Waals surface area contributed by atoms with Crippen molar-refractivity contribution in [1.29, 1.82) is 0 Å². The van der Waals surface area contributed by atoms with Gasteiger partial charge in [-0.1, -0.05) is 20.3 Å². The molecule has 1 aliphatic rings. The van der Waals surface area contributed by atoms with Crippen LogP contribution in [-0.2, 0) is 4.74 Å². The molecule has 0 aromatic heterocycles. The molecule has 0 spiro atoms. The first-order chi connectivity index (χ1) is 11.3. The Balaban J connectivity index is 0.00000529. The van der Waals surface area contributed by atoms with E-state index in [-0.39, 0.29) is 24.0 Å². The molecule has 144 valence electrons. The van der Waals surface area contributed by atoms with Crippen molar-refractivity contribution in [3.05, 3.63) is 0 Å². The van der Waals surface area contributed by atoms with Crippen LogP contribution in [0.1, 0.15) is 59.3 Å². The maximum absolute atomic E-state index is 5.59. The van der Waals surface area contributed by atoms with Gasteiger partial charge in [0, 0.05) is 32.3 Å². The van der Waals surface area contributed by atoms with Crippen LogP contribution in [0.3, 0.4) is 0 Å². The molecule has 1 unspecified atom stereocenters. The van der Waals surface area contributed by atoms with Gasteiger partial charge in [-0.2, -0.15) is 0 Å². The highest BCUT2D eigenvalue weighted by Crippen LogP contribution is 2.14. The number of nitrogens with zero attached hydrogens (tertiary/aromatic N) is 2. The van der Waals surface area contributed by atoms with E-state index < -0.39 is 0 Å². The molecule has 0 aromatic rings. The number of unbranched alkanes of at least 4 members (excludes halogenated alkanes) is 1. The van der Waals surface area contributed by atoms with Crippen molar-refractivity contribution in [1.82, 2.24) is 15.5 Å². The molecule has 1 heterocycles. The highest BCUT2D eigenvalue weighted by Gasteiger charge is 2.19. The fraction of sp³-hybridized carbons (Fsp3) is 0.944. The second-order valence-corrected chi connectivity index (χ2v) is 6.27. The Hall–Kier alpha value is -0.0800.